The molecule has 0 saturated carbocycles. The third kappa shape index (κ3) is 3.90. The van der Waals surface area contributed by atoms with Crippen molar-refractivity contribution in [1.29, 1.82) is 0 Å². The van der Waals surface area contributed by atoms with E-state index in [-0.39, 0.29) is 17.2 Å². The Kier molecular flexibility index (Phi) is 5.33. The van der Waals surface area contributed by atoms with Crippen molar-refractivity contribution in [1.82, 2.24) is 4.57 Å². The Bertz CT molecular complexity index is 1490. The van der Waals surface area contributed by atoms with E-state index in [0.717, 1.165) is 11.1 Å². The zero-order valence-corrected chi connectivity index (χ0v) is 18.2. The summed E-state index contributed by atoms with van der Waals surface area (Å²) in [5.41, 5.74) is 9.59. The molecule has 3 aromatic carbocycles. The fourth-order valence-corrected chi connectivity index (χ4v) is 4.68. The molecule has 4 aromatic rings. The number of nitrogens with zero attached hydrogens (tertiary/aromatic N) is 2. The molecule has 1 aromatic heterocycles. The molecule has 1 unspecified atom stereocenters. The number of carbonyl (C=O) groups is 1. The van der Waals surface area contributed by atoms with Crippen LogP contribution < -0.4 is 16.6 Å². The number of hydrogen-bond acceptors (Lipinski definition) is 5. The Morgan fingerprint density at radius 2 is 1.79 bits per heavy atom. The average Bonchev–Trinajstić information content (AvgIpc) is 3.23. The number of amides is 1. The van der Waals surface area contributed by atoms with Gasteiger partial charge in [-0.2, -0.15) is 0 Å². The zero-order chi connectivity index (χ0) is 23.8. The van der Waals surface area contributed by atoms with E-state index in [1.807, 2.05) is 12.1 Å². The molecule has 34 heavy (non-hydrogen) atoms. The van der Waals surface area contributed by atoms with Crippen molar-refractivity contribution in [2.75, 3.05) is 11.1 Å². The van der Waals surface area contributed by atoms with Crippen molar-refractivity contribution in [2.24, 2.45) is 5.92 Å². The van der Waals surface area contributed by atoms with Crippen LogP contribution in [0.15, 0.2) is 77.6 Å². The van der Waals surface area contributed by atoms with Gasteiger partial charge in [0.25, 0.3) is 17.2 Å². The van der Waals surface area contributed by atoms with Crippen molar-refractivity contribution in [3.8, 4) is 0 Å². The first-order valence-corrected chi connectivity index (χ1v) is 11.0. The molecular weight excluding hydrogens is 432 g/mol. The summed E-state index contributed by atoms with van der Waals surface area (Å²) in [6.07, 6.45) is 1.32. The summed E-state index contributed by atoms with van der Waals surface area (Å²) < 4.78 is 1.61. The number of pyridine rings is 1. The lowest BCUT2D eigenvalue weighted by molar-refractivity contribution is -0.384. The molecule has 8 heteroatoms. The largest absolute Gasteiger partial charge is 0.398 e. The van der Waals surface area contributed by atoms with E-state index in [2.05, 4.69) is 5.32 Å². The van der Waals surface area contributed by atoms with Crippen molar-refractivity contribution in [3.05, 3.63) is 110 Å². The smallest absolute Gasteiger partial charge is 0.269 e. The molecule has 0 fully saturated rings. The monoisotopic (exact) mass is 454 g/mol. The van der Waals surface area contributed by atoms with Gasteiger partial charge in [0.05, 0.1) is 10.4 Å². The van der Waals surface area contributed by atoms with E-state index in [1.54, 1.807) is 59.2 Å². The van der Waals surface area contributed by atoms with Gasteiger partial charge in [0.1, 0.15) is 5.56 Å². The second-order valence-corrected chi connectivity index (χ2v) is 8.56. The summed E-state index contributed by atoms with van der Waals surface area (Å²) in [6.45, 7) is 0.369. The van der Waals surface area contributed by atoms with Crippen LogP contribution in [-0.4, -0.2) is 15.4 Å². The van der Waals surface area contributed by atoms with Gasteiger partial charge in [-0.15, -0.1) is 0 Å². The van der Waals surface area contributed by atoms with Crippen molar-refractivity contribution >= 4 is 33.9 Å². The predicted molar refractivity (Wildman–Crippen MR) is 131 cm³/mol. The number of rotatable bonds is 5. The van der Waals surface area contributed by atoms with Crippen LogP contribution in [0.3, 0.4) is 0 Å². The van der Waals surface area contributed by atoms with Gasteiger partial charge in [0.2, 0.25) is 0 Å². The number of hydrogen-bond donors (Lipinski definition) is 2. The SMILES string of the molecule is Nc1cccc2c1cc(C(=O)Nc1ccccc1)c(=O)n2CC1Cc2ccc([N+](=O)[O-])cc2C1. The minimum Gasteiger partial charge on any atom is -0.398 e. The Hall–Kier alpha value is -4.46. The first-order chi connectivity index (χ1) is 16.4. The number of anilines is 2. The first kappa shape index (κ1) is 21.4. The number of carbonyl (C=O) groups excluding carboxylic acids is 1. The minimum atomic E-state index is -0.500. The van der Waals surface area contributed by atoms with Crippen LogP contribution in [0.25, 0.3) is 10.9 Å². The molecule has 8 nitrogen and oxygen atoms in total. The summed E-state index contributed by atoms with van der Waals surface area (Å²) >= 11 is 0. The highest BCUT2D eigenvalue weighted by molar-refractivity contribution is 6.06. The van der Waals surface area contributed by atoms with Gasteiger partial charge < -0.3 is 15.6 Å². The van der Waals surface area contributed by atoms with Crippen LogP contribution in [0.2, 0.25) is 0 Å². The number of para-hydroxylation sites is 1. The van der Waals surface area contributed by atoms with Gasteiger partial charge in [-0.1, -0.05) is 30.3 Å². The molecule has 1 atom stereocenters. The van der Waals surface area contributed by atoms with Crippen molar-refractivity contribution in [2.45, 2.75) is 19.4 Å². The number of fused-ring (bicyclic) bond motifs is 2. The molecule has 0 saturated heterocycles. The predicted octanol–water partition coefficient (Wildman–Crippen LogP) is 4.16. The lowest BCUT2D eigenvalue weighted by atomic mass is 10.0. The highest BCUT2D eigenvalue weighted by Crippen LogP contribution is 2.31. The lowest BCUT2D eigenvalue weighted by Crippen LogP contribution is -2.31. The molecule has 5 rings (SSSR count). The maximum Gasteiger partial charge on any atom is 0.269 e. The quantitative estimate of drug-likeness (QED) is 0.267. The third-order valence-corrected chi connectivity index (χ3v) is 6.31. The fourth-order valence-electron chi connectivity index (χ4n) is 4.68. The Labute approximate surface area is 194 Å². The summed E-state index contributed by atoms with van der Waals surface area (Å²) in [7, 11) is 0. The number of aromatic nitrogens is 1. The topological polar surface area (TPSA) is 120 Å². The van der Waals surface area contributed by atoms with Crippen LogP contribution in [-0.2, 0) is 19.4 Å². The minimum absolute atomic E-state index is 0.0143. The van der Waals surface area contributed by atoms with Gasteiger partial charge in [-0.3, -0.25) is 19.7 Å². The maximum atomic E-state index is 13.5. The normalized spacial score (nSPS) is 14.6. The van der Waals surface area contributed by atoms with Gasteiger partial charge >= 0.3 is 0 Å². The summed E-state index contributed by atoms with van der Waals surface area (Å²) in [6, 6.07) is 20.7. The number of benzene rings is 3. The molecule has 1 aliphatic carbocycles. The molecule has 1 heterocycles. The average molecular weight is 454 g/mol. The van der Waals surface area contributed by atoms with E-state index >= 15 is 0 Å². The van der Waals surface area contributed by atoms with Gasteiger partial charge in [-0.05, 0) is 60.2 Å². The second kappa shape index (κ2) is 8.47. The van der Waals surface area contributed by atoms with Crippen molar-refractivity contribution in [3.63, 3.8) is 0 Å². The number of non-ortho nitro benzene ring substituents is 1. The van der Waals surface area contributed by atoms with Gasteiger partial charge in [0.15, 0.2) is 0 Å². The van der Waals surface area contributed by atoms with Gasteiger partial charge in [-0.25, -0.2) is 0 Å². The number of nitrogens with one attached hydrogen (secondary N) is 1. The van der Waals surface area contributed by atoms with Crippen molar-refractivity contribution < 1.29 is 9.72 Å². The zero-order valence-electron chi connectivity index (χ0n) is 18.2. The molecule has 0 bridgehead atoms. The van der Waals surface area contributed by atoms with E-state index in [0.29, 0.717) is 41.7 Å². The molecule has 170 valence electrons. The van der Waals surface area contributed by atoms with E-state index in [1.165, 1.54) is 6.07 Å². The van der Waals surface area contributed by atoms with Crippen LogP contribution in [0.5, 0.6) is 0 Å². The molecule has 0 spiro atoms. The van der Waals surface area contributed by atoms with E-state index < -0.39 is 16.4 Å². The lowest BCUT2D eigenvalue weighted by Gasteiger charge is -2.17. The second-order valence-electron chi connectivity index (χ2n) is 8.56. The van der Waals surface area contributed by atoms with Crippen LogP contribution >= 0.6 is 0 Å². The Morgan fingerprint density at radius 1 is 1.03 bits per heavy atom. The van der Waals surface area contributed by atoms with E-state index in [4.69, 9.17) is 5.73 Å². The van der Waals surface area contributed by atoms with Crippen LogP contribution in [0.4, 0.5) is 17.1 Å². The summed E-state index contributed by atoms with van der Waals surface area (Å²) in [5.74, 6) is -0.438. The summed E-state index contributed by atoms with van der Waals surface area (Å²) in [4.78, 5) is 37.3. The third-order valence-electron chi connectivity index (χ3n) is 6.31. The van der Waals surface area contributed by atoms with Crippen LogP contribution in [0, 0.1) is 16.0 Å². The molecular formula is C26H22N4O4. The highest BCUT2D eigenvalue weighted by Gasteiger charge is 2.26. The molecule has 3 N–H and O–H groups in total. The number of nitrogen functional groups attached to an aromatic ring is 1. The summed E-state index contributed by atoms with van der Waals surface area (Å²) in [5, 5.41) is 14.5. The fraction of sp³-hybridized carbons (Fsp3) is 0.154. The highest BCUT2D eigenvalue weighted by atomic mass is 16.6. The Balaban J connectivity index is 1.52. The molecule has 0 radical (unpaired) electrons. The first-order valence-electron chi connectivity index (χ1n) is 11.0. The number of nitro benzene ring substituents is 1. The molecule has 0 aliphatic heterocycles. The molecule has 1 aliphatic rings. The number of nitro groups is 1. The van der Waals surface area contributed by atoms with E-state index in [9.17, 15) is 19.7 Å². The number of nitrogens with two attached hydrogens (primary N) is 1. The standard InChI is InChI=1S/C26H22N4O4/c27-23-7-4-8-24-21(23)14-22(25(31)28-19-5-2-1-3-6-19)26(32)29(24)15-16-11-17-9-10-20(30(33)34)13-18(17)12-16/h1-10,13-14,16H,11-12,15,27H2,(H,28,31). The molecule has 1 amide bonds. The Morgan fingerprint density at radius 3 is 2.56 bits per heavy atom. The van der Waals surface area contributed by atoms with Crippen LogP contribution in [0.1, 0.15) is 21.5 Å². The maximum absolute atomic E-state index is 13.5. The van der Waals surface area contributed by atoms with Gasteiger partial charge in [0, 0.05) is 35.4 Å².